The number of nitrogens with zero attached hydrogens (tertiary/aromatic N) is 4. The van der Waals surface area contributed by atoms with Crippen LogP contribution in [0.2, 0.25) is 5.02 Å². The van der Waals surface area contributed by atoms with Gasteiger partial charge in [0.1, 0.15) is 11.3 Å². The Morgan fingerprint density at radius 1 is 1.27 bits per heavy atom. The lowest BCUT2D eigenvalue weighted by Crippen LogP contribution is -2.21. The molecule has 0 saturated heterocycles. The third-order valence-electron chi connectivity index (χ3n) is 3.48. The van der Waals surface area contributed by atoms with Gasteiger partial charge in [-0.05, 0) is 18.2 Å². The molecule has 2 aromatic heterocycles. The van der Waals surface area contributed by atoms with Crippen molar-refractivity contribution in [3.05, 3.63) is 47.1 Å². The third-order valence-corrected chi connectivity index (χ3v) is 3.81. The smallest absolute Gasteiger partial charge is 0.254 e. The summed E-state index contributed by atoms with van der Waals surface area (Å²) in [5.41, 5.74) is 2.74. The Morgan fingerprint density at radius 3 is 2.68 bits per heavy atom. The highest BCUT2D eigenvalue weighted by molar-refractivity contribution is 6.33. The topological polar surface area (TPSA) is 51.0 Å². The summed E-state index contributed by atoms with van der Waals surface area (Å²) in [5.74, 6) is 0.627. The second-order valence-electron chi connectivity index (χ2n) is 5.24. The van der Waals surface area contributed by atoms with E-state index in [0.717, 1.165) is 11.4 Å². The van der Waals surface area contributed by atoms with Gasteiger partial charge in [-0.25, -0.2) is 9.97 Å². The fourth-order valence-electron chi connectivity index (χ4n) is 2.33. The number of hydrogen-bond donors (Lipinski definition) is 0. The van der Waals surface area contributed by atoms with Gasteiger partial charge >= 0.3 is 0 Å². The van der Waals surface area contributed by atoms with Gasteiger partial charge in [0.05, 0.1) is 10.6 Å². The van der Waals surface area contributed by atoms with E-state index in [1.54, 1.807) is 26.4 Å². The van der Waals surface area contributed by atoms with Crippen LogP contribution in [0.5, 0.6) is 0 Å². The number of halogens is 1. The molecule has 0 unspecified atom stereocenters. The molecule has 22 heavy (non-hydrogen) atoms. The molecule has 5 nitrogen and oxygen atoms in total. The number of carbonyl (C=O) groups is 1. The lowest BCUT2D eigenvalue weighted by molar-refractivity contribution is 0.0827. The number of rotatable bonds is 2. The van der Waals surface area contributed by atoms with Crippen molar-refractivity contribution in [3.63, 3.8) is 0 Å². The number of benzene rings is 1. The first-order chi connectivity index (χ1) is 10.5. The number of pyridine rings is 1. The molecule has 0 aliphatic carbocycles. The molecule has 2 heterocycles. The molecular formula is C16H15ClN4O. The number of aromatic nitrogens is 3. The molecule has 0 atom stereocenters. The summed E-state index contributed by atoms with van der Waals surface area (Å²) in [4.78, 5) is 22.5. The van der Waals surface area contributed by atoms with Gasteiger partial charge in [-0.1, -0.05) is 23.7 Å². The van der Waals surface area contributed by atoms with E-state index < -0.39 is 0 Å². The standard InChI is InChI=1S/C16H15ClN4O/c1-20(2)16(22)10-8-13-15(18-9-10)21(3)14(19-13)11-6-4-5-7-12(11)17/h4-9H,1-3H3. The summed E-state index contributed by atoms with van der Waals surface area (Å²) in [5, 5.41) is 0.630. The van der Waals surface area contributed by atoms with Crippen LogP contribution in [0.15, 0.2) is 36.5 Å². The van der Waals surface area contributed by atoms with Crippen molar-refractivity contribution in [2.24, 2.45) is 7.05 Å². The molecule has 0 radical (unpaired) electrons. The maximum Gasteiger partial charge on any atom is 0.254 e. The average molecular weight is 315 g/mol. The average Bonchev–Trinajstić information content (AvgIpc) is 2.83. The van der Waals surface area contributed by atoms with Gasteiger partial charge in [0, 0.05) is 32.9 Å². The maximum absolute atomic E-state index is 12.0. The molecule has 0 aliphatic rings. The van der Waals surface area contributed by atoms with E-state index in [1.165, 1.54) is 4.90 Å². The molecule has 112 valence electrons. The highest BCUT2D eigenvalue weighted by Crippen LogP contribution is 2.28. The van der Waals surface area contributed by atoms with Crippen LogP contribution in [0.1, 0.15) is 10.4 Å². The summed E-state index contributed by atoms with van der Waals surface area (Å²) in [6, 6.07) is 9.28. The van der Waals surface area contributed by atoms with Crippen molar-refractivity contribution in [1.29, 1.82) is 0 Å². The van der Waals surface area contributed by atoms with Gasteiger partial charge in [0.25, 0.3) is 5.91 Å². The van der Waals surface area contributed by atoms with Crippen LogP contribution < -0.4 is 0 Å². The number of carbonyl (C=O) groups excluding carboxylic acids is 1. The normalized spacial score (nSPS) is 10.9. The first kappa shape index (κ1) is 14.5. The Labute approximate surface area is 133 Å². The van der Waals surface area contributed by atoms with E-state index in [2.05, 4.69) is 9.97 Å². The first-order valence-electron chi connectivity index (χ1n) is 6.78. The lowest BCUT2D eigenvalue weighted by Gasteiger charge is -2.09. The summed E-state index contributed by atoms with van der Waals surface area (Å²) in [7, 11) is 5.30. The zero-order valence-electron chi connectivity index (χ0n) is 12.5. The number of amides is 1. The number of imidazole rings is 1. The van der Waals surface area contributed by atoms with Crippen LogP contribution in [0.4, 0.5) is 0 Å². The zero-order chi connectivity index (χ0) is 15.9. The molecule has 3 aromatic rings. The van der Waals surface area contributed by atoms with Crippen molar-refractivity contribution >= 4 is 28.7 Å². The minimum absolute atomic E-state index is 0.0978. The van der Waals surface area contributed by atoms with Crippen LogP contribution in [-0.4, -0.2) is 39.4 Å². The Balaban J connectivity index is 2.17. The number of hydrogen-bond acceptors (Lipinski definition) is 3. The van der Waals surface area contributed by atoms with Gasteiger partial charge in [0.15, 0.2) is 5.65 Å². The zero-order valence-corrected chi connectivity index (χ0v) is 13.3. The van der Waals surface area contributed by atoms with E-state index in [1.807, 2.05) is 35.9 Å². The van der Waals surface area contributed by atoms with E-state index in [4.69, 9.17) is 11.6 Å². The molecule has 0 aliphatic heterocycles. The van der Waals surface area contributed by atoms with Gasteiger partial charge < -0.3 is 9.47 Å². The fourth-order valence-corrected chi connectivity index (χ4v) is 2.55. The predicted octanol–water partition coefficient (Wildman–Crippen LogP) is 2.99. The molecule has 6 heteroatoms. The quantitative estimate of drug-likeness (QED) is 0.730. The third kappa shape index (κ3) is 2.33. The summed E-state index contributed by atoms with van der Waals surface area (Å²) < 4.78 is 1.88. The molecule has 3 rings (SSSR count). The SMILES string of the molecule is CN(C)C(=O)c1cnc2c(c1)nc(-c1ccccc1Cl)n2C. The molecule has 0 bridgehead atoms. The molecule has 1 amide bonds. The van der Waals surface area contributed by atoms with Crippen molar-refractivity contribution < 1.29 is 4.79 Å². The van der Waals surface area contributed by atoms with Crippen LogP contribution in [0, 0.1) is 0 Å². The molecular weight excluding hydrogens is 300 g/mol. The van der Waals surface area contributed by atoms with E-state index in [0.29, 0.717) is 21.7 Å². The van der Waals surface area contributed by atoms with Crippen LogP contribution in [0.25, 0.3) is 22.6 Å². The Bertz CT molecular complexity index is 870. The summed E-state index contributed by atoms with van der Waals surface area (Å²) >= 11 is 6.25. The minimum Gasteiger partial charge on any atom is -0.345 e. The summed E-state index contributed by atoms with van der Waals surface area (Å²) in [6.45, 7) is 0. The van der Waals surface area contributed by atoms with Crippen molar-refractivity contribution in [3.8, 4) is 11.4 Å². The van der Waals surface area contributed by atoms with Gasteiger partial charge in [-0.3, -0.25) is 4.79 Å². The molecule has 0 N–H and O–H groups in total. The molecule has 0 fully saturated rings. The largest absolute Gasteiger partial charge is 0.345 e. The minimum atomic E-state index is -0.0978. The van der Waals surface area contributed by atoms with Crippen LogP contribution in [-0.2, 0) is 7.05 Å². The van der Waals surface area contributed by atoms with Crippen molar-refractivity contribution in [1.82, 2.24) is 19.4 Å². The van der Waals surface area contributed by atoms with E-state index in [-0.39, 0.29) is 5.91 Å². The van der Waals surface area contributed by atoms with Crippen molar-refractivity contribution in [2.75, 3.05) is 14.1 Å². The maximum atomic E-state index is 12.0. The highest BCUT2D eigenvalue weighted by atomic mass is 35.5. The summed E-state index contributed by atoms with van der Waals surface area (Å²) in [6.07, 6.45) is 1.57. The predicted molar refractivity (Wildman–Crippen MR) is 87.0 cm³/mol. The Hall–Kier alpha value is -2.40. The van der Waals surface area contributed by atoms with Gasteiger partial charge in [0.2, 0.25) is 0 Å². The first-order valence-corrected chi connectivity index (χ1v) is 7.16. The Kier molecular flexibility index (Phi) is 3.58. The highest BCUT2D eigenvalue weighted by Gasteiger charge is 2.16. The van der Waals surface area contributed by atoms with Crippen molar-refractivity contribution in [2.45, 2.75) is 0 Å². The lowest BCUT2D eigenvalue weighted by atomic mass is 10.2. The molecule has 1 aromatic carbocycles. The Morgan fingerprint density at radius 2 is 2.00 bits per heavy atom. The second-order valence-corrected chi connectivity index (χ2v) is 5.65. The molecule has 0 saturated carbocycles. The van der Waals surface area contributed by atoms with Crippen LogP contribution >= 0.6 is 11.6 Å². The monoisotopic (exact) mass is 314 g/mol. The van der Waals surface area contributed by atoms with Crippen LogP contribution in [0.3, 0.4) is 0 Å². The van der Waals surface area contributed by atoms with Gasteiger partial charge in [-0.2, -0.15) is 0 Å². The second kappa shape index (κ2) is 5.42. The molecule has 0 spiro atoms. The fraction of sp³-hybridized carbons (Fsp3) is 0.188. The number of fused-ring (bicyclic) bond motifs is 1. The number of aryl methyl sites for hydroxylation is 1. The van der Waals surface area contributed by atoms with E-state index in [9.17, 15) is 4.79 Å². The van der Waals surface area contributed by atoms with Gasteiger partial charge in [-0.15, -0.1) is 0 Å². The van der Waals surface area contributed by atoms with E-state index >= 15 is 0 Å².